The fourth-order valence-corrected chi connectivity index (χ4v) is 2.66. The molecule has 0 spiro atoms. The zero-order valence-corrected chi connectivity index (χ0v) is 11.9. The van der Waals surface area contributed by atoms with E-state index in [4.69, 9.17) is 16.3 Å². The van der Waals surface area contributed by atoms with E-state index in [1.807, 2.05) is 0 Å². The number of aliphatic carboxylic acids is 1. The van der Waals surface area contributed by atoms with Crippen LogP contribution in [-0.2, 0) is 4.79 Å². The summed E-state index contributed by atoms with van der Waals surface area (Å²) in [4.78, 5) is 23.6. The van der Waals surface area contributed by atoms with Crippen LogP contribution in [-0.4, -0.2) is 29.6 Å². The van der Waals surface area contributed by atoms with Gasteiger partial charge in [0.1, 0.15) is 11.3 Å². The lowest BCUT2D eigenvalue weighted by atomic mass is 9.97. The van der Waals surface area contributed by atoms with Crippen molar-refractivity contribution in [3.8, 4) is 5.75 Å². The second-order valence-electron chi connectivity index (χ2n) is 4.90. The minimum atomic E-state index is -1.15. The Morgan fingerprint density at radius 1 is 1.35 bits per heavy atom. The molecule has 1 saturated carbocycles. The number of ether oxygens (including phenoxy) is 1. The third-order valence-corrected chi connectivity index (χ3v) is 3.94. The monoisotopic (exact) mass is 297 g/mol. The molecule has 0 aromatic heterocycles. The van der Waals surface area contributed by atoms with Gasteiger partial charge in [-0.3, -0.25) is 4.79 Å². The average molecular weight is 298 g/mol. The zero-order chi connectivity index (χ0) is 14.8. The van der Waals surface area contributed by atoms with Gasteiger partial charge < -0.3 is 15.2 Å². The van der Waals surface area contributed by atoms with Crippen molar-refractivity contribution >= 4 is 23.5 Å². The van der Waals surface area contributed by atoms with E-state index in [9.17, 15) is 14.7 Å². The van der Waals surface area contributed by atoms with Crippen molar-refractivity contribution in [1.29, 1.82) is 0 Å². The second kappa shape index (κ2) is 5.71. The maximum absolute atomic E-state index is 12.2. The lowest BCUT2D eigenvalue weighted by Gasteiger charge is -2.25. The maximum atomic E-state index is 12.2. The van der Waals surface area contributed by atoms with Gasteiger partial charge >= 0.3 is 5.97 Å². The third kappa shape index (κ3) is 2.72. The van der Waals surface area contributed by atoms with Crippen LogP contribution in [0.3, 0.4) is 0 Å². The molecule has 0 unspecified atom stereocenters. The standard InChI is InChI=1S/C14H16ClNO4/c1-20-11-8-9(4-5-10(11)15)12(17)16-14(13(18)19)6-2-3-7-14/h4-5,8H,2-3,6-7H2,1H3,(H,16,17)(H,18,19). The van der Waals surface area contributed by atoms with Gasteiger partial charge in [-0.25, -0.2) is 4.79 Å². The SMILES string of the molecule is COc1cc(C(=O)NC2(C(=O)O)CCCC2)ccc1Cl. The van der Waals surface area contributed by atoms with Crippen LogP contribution in [0.4, 0.5) is 0 Å². The Kier molecular flexibility index (Phi) is 4.18. The van der Waals surface area contributed by atoms with Crippen LogP contribution in [0, 0.1) is 0 Å². The van der Waals surface area contributed by atoms with Crippen molar-refractivity contribution in [1.82, 2.24) is 5.32 Å². The lowest BCUT2D eigenvalue weighted by molar-refractivity contribution is -0.144. The number of nitrogens with one attached hydrogen (secondary N) is 1. The number of methoxy groups -OCH3 is 1. The van der Waals surface area contributed by atoms with E-state index in [0.717, 1.165) is 12.8 Å². The molecule has 0 heterocycles. The number of halogens is 1. The first-order chi connectivity index (χ1) is 9.48. The summed E-state index contributed by atoms with van der Waals surface area (Å²) in [6, 6.07) is 4.60. The summed E-state index contributed by atoms with van der Waals surface area (Å²) >= 11 is 5.90. The molecule has 20 heavy (non-hydrogen) atoms. The van der Waals surface area contributed by atoms with Crippen LogP contribution in [0.5, 0.6) is 5.75 Å². The Morgan fingerprint density at radius 2 is 2.00 bits per heavy atom. The number of carbonyl (C=O) groups is 2. The molecule has 0 atom stereocenters. The first-order valence-electron chi connectivity index (χ1n) is 6.38. The summed E-state index contributed by atoms with van der Waals surface area (Å²) in [5.41, 5.74) is -0.817. The summed E-state index contributed by atoms with van der Waals surface area (Å²) in [5.74, 6) is -1.02. The van der Waals surface area contributed by atoms with Crippen molar-refractivity contribution in [2.24, 2.45) is 0 Å². The summed E-state index contributed by atoms with van der Waals surface area (Å²) < 4.78 is 5.05. The van der Waals surface area contributed by atoms with Crippen LogP contribution in [0.1, 0.15) is 36.0 Å². The van der Waals surface area contributed by atoms with E-state index in [1.54, 1.807) is 12.1 Å². The number of carboxylic acids is 1. The number of hydrogen-bond donors (Lipinski definition) is 2. The fraction of sp³-hybridized carbons (Fsp3) is 0.429. The Bertz CT molecular complexity index is 538. The zero-order valence-electron chi connectivity index (χ0n) is 11.1. The first kappa shape index (κ1) is 14.7. The number of carbonyl (C=O) groups excluding carboxylic acids is 1. The Morgan fingerprint density at radius 3 is 2.55 bits per heavy atom. The molecule has 1 amide bonds. The highest BCUT2D eigenvalue weighted by Crippen LogP contribution is 2.31. The van der Waals surface area contributed by atoms with Crippen molar-refractivity contribution in [2.75, 3.05) is 7.11 Å². The molecule has 108 valence electrons. The highest BCUT2D eigenvalue weighted by atomic mass is 35.5. The molecule has 0 radical (unpaired) electrons. The van der Waals surface area contributed by atoms with E-state index >= 15 is 0 Å². The topological polar surface area (TPSA) is 75.6 Å². The van der Waals surface area contributed by atoms with Gasteiger partial charge in [-0.1, -0.05) is 24.4 Å². The number of rotatable bonds is 4. The molecule has 1 aromatic rings. The molecule has 1 fully saturated rings. The highest BCUT2D eigenvalue weighted by molar-refractivity contribution is 6.32. The van der Waals surface area contributed by atoms with E-state index in [-0.39, 0.29) is 0 Å². The van der Waals surface area contributed by atoms with Crippen LogP contribution in [0.2, 0.25) is 5.02 Å². The Balaban J connectivity index is 2.21. The summed E-state index contributed by atoms with van der Waals surface area (Å²) in [7, 11) is 1.46. The second-order valence-corrected chi connectivity index (χ2v) is 5.31. The van der Waals surface area contributed by atoms with Crippen LogP contribution >= 0.6 is 11.6 Å². The van der Waals surface area contributed by atoms with Gasteiger partial charge in [0.05, 0.1) is 12.1 Å². The normalized spacial score (nSPS) is 16.7. The molecule has 0 bridgehead atoms. The quantitative estimate of drug-likeness (QED) is 0.895. The molecule has 1 aliphatic rings. The molecule has 1 aliphatic carbocycles. The maximum Gasteiger partial charge on any atom is 0.329 e. The summed E-state index contributed by atoms with van der Waals surface area (Å²) in [5, 5.41) is 12.4. The van der Waals surface area contributed by atoms with Crippen molar-refractivity contribution in [3.05, 3.63) is 28.8 Å². The molecule has 2 N–H and O–H groups in total. The van der Waals surface area contributed by atoms with E-state index in [2.05, 4.69) is 5.32 Å². The lowest BCUT2D eigenvalue weighted by Crippen LogP contribution is -2.52. The first-order valence-corrected chi connectivity index (χ1v) is 6.76. The number of hydrogen-bond acceptors (Lipinski definition) is 3. The number of carboxylic acid groups (broad SMARTS) is 1. The minimum Gasteiger partial charge on any atom is -0.495 e. The van der Waals surface area contributed by atoms with Crippen LogP contribution < -0.4 is 10.1 Å². The van der Waals surface area contributed by atoms with Gasteiger partial charge in [-0.15, -0.1) is 0 Å². The van der Waals surface area contributed by atoms with Gasteiger partial charge in [0.25, 0.3) is 5.91 Å². The molecule has 5 nitrogen and oxygen atoms in total. The van der Waals surface area contributed by atoms with Gasteiger partial charge in [0, 0.05) is 5.56 Å². The largest absolute Gasteiger partial charge is 0.495 e. The smallest absolute Gasteiger partial charge is 0.329 e. The van der Waals surface area contributed by atoms with Crippen molar-refractivity contribution in [2.45, 2.75) is 31.2 Å². The predicted molar refractivity (Wildman–Crippen MR) is 74.3 cm³/mol. The molecule has 1 aromatic carbocycles. The van der Waals surface area contributed by atoms with Gasteiger partial charge in [-0.2, -0.15) is 0 Å². The highest BCUT2D eigenvalue weighted by Gasteiger charge is 2.42. The molecular weight excluding hydrogens is 282 g/mol. The van der Waals surface area contributed by atoms with Gasteiger partial charge in [0.15, 0.2) is 0 Å². The van der Waals surface area contributed by atoms with E-state index in [0.29, 0.717) is 29.2 Å². The predicted octanol–water partition coefficient (Wildman–Crippen LogP) is 2.48. The molecule has 2 rings (SSSR count). The van der Waals surface area contributed by atoms with Crippen molar-refractivity contribution in [3.63, 3.8) is 0 Å². The number of amides is 1. The van der Waals surface area contributed by atoms with E-state index < -0.39 is 17.4 Å². The fourth-order valence-electron chi connectivity index (χ4n) is 2.46. The average Bonchev–Trinajstić information content (AvgIpc) is 2.89. The van der Waals surface area contributed by atoms with Gasteiger partial charge in [0.2, 0.25) is 0 Å². The molecule has 0 aliphatic heterocycles. The Labute approximate surface area is 121 Å². The summed E-state index contributed by atoms with van der Waals surface area (Å²) in [6.07, 6.45) is 2.52. The molecular formula is C14H16ClNO4. The van der Waals surface area contributed by atoms with E-state index in [1.165, 1.54) is 13.2 Å². The molecule has 0 saturated heterocycles. The minimum absolute atomic E-state index is 0.332. The van der Waals surface area contributed by atoms with Gasteiger partial charge in [-0.05, 0) is 31.0 Å². The summed E-state index contributed by atoms with van der Waals surface area (Å²) in [6.45, 7) is 0. The third-order valence-electron chi connectivity index (χ3n) is 3.63. The Hall–Kier alpha value is -1.75. The molecule has 6 heteroatoms. The number of benzene rings is 1. The van der Waals surface area contributed by atoms with Crippen LogP contribution in [0.15, 0.2) is 18.2 Å². The van der Waals surface area contributed by atoms with Crippen LogP contribution in [0.25, 0.3) is 0 Å². The van der Waals surface area contributed by atoms with Crippen molar-refractivity contribution < 1.29 is 19.4 Å².